The van der Waals surface area contributed by atoms with Gasteiger partial charge in [-0.1, -0.05) is 11.6 Å². The molecule has 0 aliphatic heterocycles. The molecule has 0 N–H and O–H groups in total. The highest BCUT2D eigenvalue weighted by Crippen LogP contribution is 2.22. The Balaban J connectivity index is 2.42. The topological polar surface area (TPSA) is 29.5 Å². The average molecular weight is 290 g/mol. The number of carbonyl (C=O) groups is 1. The summed E-state index contributed by atoms with van der Waals surface area (Å²) in [6, 6.07) is 3.83. The van der Waals surface area contributed by atoms with Crippen molar-refractivity contribution in [3.8, 4) is 0 Å². The first-order chi connectivity index (χ1) is 8.52. The maximum absolute atomic E-state index is 12.0. The molecule has 0 radical (unpaired) electrons. The van der Waals surface area contributed by atoms with Crippen molar-refractivity contribution in [2.45, 2.75) is 39.8 Å². The molecule has 0 aliphatic rings. The van der Waals surface area contributed by atoms with Gasteiger partial charge in [-0.25, -0.2) is 0 Å². The Labute approximate surface area is 118 Å². The van der Waals surface area contributed by atoms with Crippen molar-refractivity contribution in [3.63, 3.8) is 0 Å². The lowest BCUT2D eigenvalue weighted by Crippen LogP contribution is -2.30. The second kappa shape index (κ2) is 7.77. The number of hydrogen-bond acceptors (Lipinski definition) is 3. The number of ether oxygens (including phenoxy) is 1. The fourth-order valence-electron chi connectivity index (χ4n) is 1.54. The van der Waals surface area contributed by atoms with Gasteiger partial charge in [-0.05, 0) is 32.9 Å². The van der Waals surface area contributed by atoms with Gasteiger partial charge in [0.25, 0.3) is 0 Å². The van der Waals surface area contributed by atoms with E-state index in [2.05, 4.69) is 0 Å². The van der Waals surface area contributed by atoms with Crippen molar-refractivity contribution >= 4 is 28.8 Å². The first-order valence-corrected chi connectivity index (χ1v) is 7.36. The Bertz CT molecular complexity index is 379. The summed E-state index contributed by atoms with van der Waals surface area (Å²) in [5, 5.41) is 0. The molecule has 0 saturated carbocycles. The zero-order chi connectivity index (χ0) is 13.5. The number of hydrogen-bond donors (Lipinski definition) is 0. The molecule has 0 fully saturated rings. The van der Waals surface area contributed by atoms with Gasteiger partial charge in [-0.15, -0.1) is 11.3 Å². The Kier molecular flexibility index (Phi) is 6.68. The average Bonchev–Trinajstić information content (AvgIpc) is 2.71. The summed E-state index contributed by atoms with van der Waals surface area (Å²) < 4.78 is 6.16. The molecule has 0 saturated heterocycles. The van der Waals surface area contributed by atoms with E-state index in [1.807, 2.05) is 37.8 Å². The van der Waals surface area contributed by atoms with Crippen LogP contribution in [0.3, 0.4) is 0 Å². The summed E-state index contributed by atoms with van der Waals surface area (Å²) in [4.78, 5) is 14.9. The first-order valence-electron chi connectivity index (χ1n) is 6.16. The van der Waals surface area contributed by atoms with Crippen LogP contribution < -0.4 is 0 Å². The summed E-state index contributed by atoms with van der Waals surface area (Å²) in [5.41, 5.74) is 0. The molecule has 1 rings (SSSR count). The van der Waals surface area contributed by atoms with Crippen LogP contribution in [-0.2, 0) is 16.1 Å². The van der Waals surface area contributed by atoms with Crippen molar-refractivity contribution in [1.29, 1.82) is 0 Å². The number of carbonyl (C=O) groups excluding carboxylic acids is 1. The van der Waals surface area contributed by atoms with Crippen LogP contribution in [0.1, 0.15) is 32.1 Å². The van der Waals surface area contributed by atoms with Gasteiger partial charge in [0.05, 0.1) is 30.0 Å². The summed E-state index contributed by atoms with van der Waals surface area (Å²) in [5.74, 6) is 0.127. The van der Waals surface area contributed by atoms with E-state index in [-0.39, 0.29) is 12.0 Å². The largest absolute Gasteiger partial charge is 0.378 e. The zero-order valence-electron chi connectivity index (χ0n) is 11.1. The van der Waals surface area contributed by atoms with Crippen molar-refractivity contribution in [2.24, 2.45) is 0 Å². The van der Waals surface area contributed by atoms with Crippen molar-refractivity contribution in [1.82, 2.24) is 4.90 Å². The van der Waals surface area contributed by atoms with Gasteiger partial charge in [-0.2, -0.15) is 0 Å². The SMILES string of the molecule is CCN(Cc1ccc(Cl)s1)C(=O)CCOC(C)C. The fraction of sp³-hybridized carbons (Fsp3) is 0.615. The molecule has 1 amide bonds. The smallest absolute Gasteiger partial charge is 0.225 e. The Morgan fingerprint density at radius 3 is 2.72 bits per heavy atom. The lowest BCUT2D eigenvalue weighted by molar-refractivity contribution is -0.133. The highest BCUT2D eigenvalue weighted by molar-refractivity contribution is 7.16. The molecule has 18 heavy (non-hydrogen) atoms. The molecule has 1 aromatic heterocycles. The lowest BCUT2D eigenvalue weighted by atomic mass is 10.3. The number of thiophene rings is 1. The normalized spacial score (nSPS) is 10.9. The van der Waals surface area contributed by atoms with Crippen LogP contribution in [0, 0.1) is 0 Å². The van der Waals surface area contributed by atoms with Crippen LogP contribution >= 0.6 is 22.9 Å². The minimum absolute atomic E-state index is 0.127. The van der Waals surface area contributed by atoms with Crippen molar-refractivity contribution < 1.29 is 9.53 Å². The predicted octanol–water partition coefficient (Wildman–Crippen LogP) is 3.57. The zero-order valence-corrected chi connectivity index (χ0v) is 12.7. The molecule has 0 aliphatic carbocycles. The van der Waals surface area contributed by atoms with Crippen LogP contribution in [0.2, 0.25) is 4.34 Å². The predicted molar refractivity (Wildman–Crippen MR) is 76.1 cm³/mol. The van der Waals surface area contributed by atoms with Gasteiger partial charge < -0.3 is 9.64 Å². The van der Waals surface area contributed by atoms with E-state index in [1.165, 1.54) is 11.3 Å². The quantitative estimate of drug-likeness (QED) is 0.768. The summed E-state index contributed by atoms with van der Waals surface area (Å²) in [6.07, 6.45) is 0.606. The van der Waals surface area contributed by atoms with Gasteiger partial charge in [-0.3, -0.25) is 4.79 Å². The molecule has 5 heteroatoms. The molecule has 0 spiro atoms. The number of halogens is 1. The molecule has 1 aromatic rings. The van der Waals surface area contributed by atoms with E-state index in [4.69, 9.17) is 16.3 Å². The molecular formula is C13H20ClNO2S. The van der Waals surface area contributed by atoms with Crippen LogP contribution in [0.5, 0.6) is 0 Å². The molecule has 0 unspecified atom stereocenters. The Hall–Kier alpha value is -0.580. The highest BCUT2D eigenvalue weighted by Gasteiger charge is 2.13. The molecular weight excluding hydrogens is 270 g/mol. The number of nitrogens with zero attached hydrogens (tertiary/aromatic N) is 1. The van der Waals surface area contributed by atoms with Crippen LogP contribution in [0.4, 0.5) is 0 Å². The fourth-order valence-corrected chi connectivity index (χ4v) is 2.64. The van der Waals surface area contributed by atoms with Gasteiger partial charge in [0.2, 0.25) is 5.91 Å². The summed E-state index contributed by atoms with van der Waals surface area (Å²) >= 11 is 7.40. The van der Waals surface area contributed by atoms with Crippen molar-refractivity contribution in [2.75, 3.05) is 13.2 Å². The third-order valence-electron chi connectivity index (χ3n) is 2.48. The third kappa shape index (κ3) is 5.38. The van der Waals surface area contributed by atoms with E-state index in [1.54, 1.807) is 0 Å². The molecule has 102 valence electrons. The molecule has 3 nitrogen and oxygen atoms in total. The maximum atomic E-state index is 12.0. The lowest BCUT2D eigenvalue weighted by Gasteiger charge is -2.20. The summed E-state index contributed by atoms with van der Waals surface area (Å²) in [7, 11) is 0. The van der Waals surface area contributed by atoms with E-state index >= 15 is 0 Å². The second-order valence-corrected chi connectivity index (χ2v) is 6.08. The highest BCUT2D eigenvalue weighted by atomic mass is 35.5. The van der Waals surface area contributed by atoms with E-state index < -0.39 is 0 Å². The first kappa shape index (κ1) is 15.5. The number of rotatable bonds is 7. The van der Waals surface area contributed by atoms with Crippen molar-refractivity contribution in [3.05, 3.63) is 21.3 Å². The Morgan fingerprint density at radius 2 is 2.22 bits per heavy atom. The van der Waals surface area contributed by atoms with Gasteiger partial charge >= 0.3 is 0 Å². The standard InChI is InChI=1S/C13H20ClNO2S/c1-4-15(9-11-5-6-12(14)18-11)13(16)7-8-17-10(2)3/h5-6,10H,4,7-9H2,1-3H3. The number of amides is 1. The molecule has 0 aromatic carbocycles. The van der Waals surface area contributed by atoms with Crippen LogP contribution in [0.15, 0.2) is 12.1 Å². The molecule has 0 bridgehead atoms. The van der Waals surface area contributed by atoms with Crippen LogP contribution in [-0.4, -0.2) is 30.1 Å². The van der Waals surface area contributed by atoms with E-state index in [0.29, 0.717) is 26.1 Å². The monoisotopic (exact) mass is 289 g/mol. The van der Waals surface area contributed by atoms with Gasteiger partial charge in [0.1, 0.15) is 0 Å². The minimum Gasteiger partial charge on any atom is -0.378 e. The van der Waals surface area contributed by atoms with Gasteiger partial charge in [0.15, 0.2) is 0 Å². The van der Waals surface area contributed by atoms with Crippen LogP contribution in [0.25, 0.3) is 0 Å². The summed E-state index contributed by atoms with van der Waals surface area (Å²) in [6.45, 7) is 7.74. The Morgan fingerprint density at radius 1 is 1.50 bits per heavy atom. The van der Waals surface area contributed by atoms with E-state index in [9.17, 15) is 4.79 Å². The van der Waals surface area contributed by atoms with E-state index in [0.717, 1.165) is 9.21 Å². The molecule has 0 atom stereocenters. The molecule has 1 heterocycles. The van der Waals surface area contributed by atoms with Gasteiger partial charge in [0, 0.05) is 11.4 Å². The minimum atomic E-state index is 0.127. The second-order valence-electron chi connectivity index (χ2n) is 4.28. The third-order valence-corrected chi connectivity index (χ3v) is 3.69. The maximum Gasteiger partial charge on any atom is 0.225 e.